The number of amides is 1. The summed E-state index contributed by atoms with van der Waals surface area (Å²) in [4.78, 5) is 29.7. The molecule has 1 saturated carbocycles. The third-order valence-electron chi connectivity index (χ3n) is 9.38. The fourth-order valence-corrected chi connectivity index (χ4v) is 8.06. The molecule has 2 aromatic carbocycles. The van der Waals surface area contributed by atoms with Crippen LogP contribution in [0.3, 0.4) is 0 Å². The molecule has 6 rings (SSSR count). The predicted octanol–water partition coefficient (Wildman–Crippen LogP) is 4.41. The van der Waals surface area contributed by atoms with Crippen LogP contribution in [0, 0.1) is 23.7 Å². The summed E-state index contributed by atoms with van der Waals surface area (Å²) in [6.45, 7) is 11.5. The van der Waals surface area contributed by atoms with Crippen LogP contribution in [0.2, 0.25) is 0 Å². The number of ether oxygens (including phenoxy) is 2. The van der Waals surface area contributed by atoms with Crippen molar-refractivity contribution in [2.75, 3.05) is 19.6 Å². The van der Waals surface area contributed by atoms with Crippen molar-refractivity contribution >= 4 is 11.9 Å². The van der Waals surface area contributed by atoms with Crippen LogP contribution < -0.4 is 4.74 Å². The van der Waals surface area contributed by atoms with E-state index in [2.05, 4.69) is 37.2 Å². The van der Waals surface area contributed by atoms with Gasteiger partial charge in [-0.2, -0.15) is 0 Å². The Hall–Kier alpha value is -3.76. The standard InChI is InChI=1S/C34H38N2O5/c1-21(2)19-36(30(39)15-10-24-8-6-5-7-9-24)27-13-12-26-28-18-25-11-14-29(38)32-31(25)34(26,33(27)41-32)16-17-35(28)20-22(3)40-23(4)37/h5-9,11,14,21,26-28,33,38H,3,12-13,16-20H2,1-2,4H3/t26-,27+,28+,33-,34-/m0/s1. The van der Waals surface area contributed by atoms with Crippen molar-refractivity contribution in [3.8, 4) is 23.3 Å². The molecule has 2 aliphatic carbocycles. The van der Waals surface area contributed by atoms with Gasteiger partial charge in [0.05, 0.1) is 12.6 Å². The lowest BCUT2D eigenvalue weighted by atomic mass is 9.51. The summed E-state index contributed by atoms with van der Waals surface area (Å²) in [5.74, 6) is 7.20. The molecule has 2 heterocycles. The van der Waals surface area contributed by atoms with E-state index in [0.29, 0.717) is 24.6 Å². The minimum absolute atomic E-state index is 0.160. The zero-order valence-electron chi connectivity index (χ0n) is 24.1. The van der Waals surface area contributed by atoms with Gasteiger partial charge in [0, 0.05) is 42.0 Å². The molecule has 1 amide bonds. The summed E-state index contributed by atoms with van der Waals surface area (Å²) in [6.07, 6.45) is 3.10. The molecule has 2 bridgehead atoms. The topological polar surface area (TPSA) is 79.3 Å². The highest BCUT2D eigenvalue weighted by atomic mass is 16.5. The molecule has 2 fully saturated rings. The second-order valence-electron chi connectivity index (χ2n) is 12.4. The smallest absolute Gasteiger partial charge is 0.307 e. The first kappa shape index (κ1) is 27.4. The molecule has 41 heavy (non-hydrogen) atoms. The fourth-order valence-electron chi connectivity index (χ4n) is 8.06. The molecule has 1 spiro atoms. The van der Waals surface area contributed by atoms with Gasteiger partial charge in [-0.25, -0.2) is 0 Å². The van der Waals surface area contributed by atoms with Crippen molar-refractivity contribution in [2.45, 2.75) is 70.1 Å². The number of aromatic hydroxyl groups is 1. The Bertz CT molecular complexity index is 1440. The highest BCUT2D eigenvalue weighted by molar-refractivity contribution is 5.94. The number of phenols is 1. The third kappa shape index (κ3) is 4.68. The van der Waals surface area contributed by atoms with Crippen LogP contribution in [-0.2, 0) is 26.2 Å². The second-order valence-corrected chi connectivity index (χ2v) is 12.4. The van der Waals surface area contributed by atoms with E-state index in [-0.39, 0.29) is 53.1 Å². The van der Waals surface area contributed by atoms with Crippen molar-refractivity contribution in [1.82, 2.24) is 9.80 Å². The first-order valence-corrected chi connectivity index (χ1v) is 14.7. The summed E-state index contributed by atoms with van der Waals surface area (Å²) < 4.78 is 12.1. The molecule has 1 N–H and O–H groups in total. The number of benzene rings is 2. The summed E-state index contributed by atoms with van der Waals surface area (Å²) in [5, 5.41) is 11.0. The quantitative estimate of drug-likeness (QED) is 0.324. The van der Waals surface area contributed by atoms with E-state index < -0.39 is 0 Å². The lowest BCUT2D eigenvalue weighted by molar-refractivity contribution is -0.140. The number of piperidine rings is 1. The van der Waals surface area contributed by atoms with Crippen LogP contribution in [-0.4, -0.2) is 64.6 Å². The Labute approximate surface area is 242 Å². The molecule has 4 aliphatic rings. The van der Waals surface area contributed by atoms with E-state index in [0.717, 1.165) is 43.4 Å². The summed E-state index contributed by atoms with van der Waals surface area (Å²) >= 11 is 0. The Balaban J connectivity index is 1.37. The lowest BCUT2D eigenvalue weighted by Crippen LogP contribution is -2.69. The number of carbonyl (C=O) groups is 2. The third-order valence-corrected chi connectivity index (χ3v) is 9.38. The van der Waals surface area contributed by atoms with Crippen LogP contribution in [0.25, 0.3) is 0 Å². The van der Waals surface area contributed by atoms with Gasteiger partial charge in [0.2, 0.25) is 0 Å². The molecule has 0 radical (unpaired) electrons. The summed E-state index contributed by atoms with van der Waals surface area (Å²) in [5.41, 5.74) is 2.83. The first-order valence-electron chi connectivity index (χ1n) is 14.7. The van der Waals surface area contributed by atoms with Gasteiger partial charge in [0.1, 0.15) is 11.9 Å². The Kier molecular flexibility index (Phi) is 7.07. The zero-order chi connectivity index (χ0) is 28.9. The highest BCUT2D eigenvalue weighted by Crippen LogP contribution is 2.64. The van der Waals surface area contributed by atoms with E-state index >= 15 is 0 Å². The average Bonchev–Trinajstić information content (AvgIpc) is 3.29. The van der Waals surface area contributed by atoms with Crippen LogP contribution in [0.15, 0.2) is 54.8 Å². The van der Waals surface area contributed by atoms with Crippen LogP contribution in [0.4, 0.5) is 0 Å². The number of hydrogen-bond acceptors (Lipinski definition) is 6. The van der Waals surface area contributed by atoms with Gasteiger partial charge in [0.25, 0.3) is 5.91 Å². The molecule has 2 aromatic rings. The second kappa shape index (κ2) is 10.6. The minimum atomic E-state index is -0.354. The maximum absolute atomic E-state index is 13.8. The van der Waals surface area contributed by atoms with Crippen LogP contribution in [0.1, 0.15) is 56.7 Å². The molecule has 7 nitrogen and oxygen atoms in total. The van der Waals surface area contributed by atoms with Crippen molar-refractivity contribution in [1.29, 1.82) is 0 Å². The molecule has 214 valence electrons. The number of esters is 1. The van der Waals surface area contributed by atoms with E-state index in [1.165, 1.54) is 12.5 Å². The summed E-state index contributed by atoms with van der Waals surface area (Å²) in [7, 11) is 0. The first-order chi connectivity index (χ1) is 19.7. The van der Waals surface area contributed by atoms with Crippen molar-refractivity contribution < 1.29 is 24.2 Å². The van der Waals surface area contributed by atoms with E-state index in [1.807, 2.05) is 41.3 Å². The Morgan fingerprint density at radius 3 is 2.73 bits per heavy atom. The lowest BCUT2D eigenvalue weighted by Gasteiger charge is -2.60. The van der Waals surface area contributed by atoms with Crippen molar-refractivity contribution in [3.63, 3.8) is 0 Å². The van der Waals surface area contributed by atoms with E-state index in [9.17, 15) is 14.7 Å². The van der Waals surface area contributed by atoms with Gasteiger partial charge in [-0.05, 0) is 67.8 Å². The van der Waals surface area contributed by atoms with Gasteiger partial charge in [0.15, 0.2) is 11.5 Å². The average molecular weight is 555 g/mol. The molecular formula is C34H38N2O5. The van der Waals surface area contributed by atoms with Gasteiger partial charge in [-0.3, -0.25) is 14.5 Å². The number of nitrogens with zero attached hydrogens (tertiary/aromatic N) is 2. The molecular weight excluding hydrogens is 516 g/mol. The highest BCUT2D eigenvalue weighted by Gasteiger charge is 2.66. The minimum Gasteiger partial charge on any atom is -0.504 e. The predicted molar refractivity (Wildman–Crippen MR) is 155 cm³/mol. The molecule has 0 aromatic heterocycles. The molecule has 0 unspecified atom stereocenters. The number of hydrogen-bond donors (Lipinski definition) is 1. The van der Waals surface area contributed by atoms with Crippen LogP contribution >= 0.6 is 0 Å². The zero-order valence-corrected chi connectivity index (χ0v) is 24.1. The number of carbonyl (C=O) groups excluding carboxylic acids is 2. The van der Waals surface area contributed by atoms with E-state index in [1.54, 1.807) is 6.07 Å². The van der Waals surface area contributed by atoms with Crippen LogP contribution in [0.5, 0.6) is 11.5 Å². The number of rotatable bonds is 6. The molecule has 5 atom stereocenters. The maximum atomic E-state index is 13.8. The molecule has 1 saturated heterocycles. The largest absolute Gasteiger partial charge is 0.504 e. The number of likely N-dealkylation sites (tertiary alicyclic amines) is 1. The Morgan fingerprint density at radius 1 is 1.22 bits per heavy atom. The molecule has 2 aliphatic heterocycles. The monoisotopic (exact) mass is 554 g/mol. The van der Waals surface area contributed by atoms with Gasteiger partial charge >= 0.3 is 5.97 Å². The normalized spacial score (nSPS) is 27.2. The Morgan fingerprint density at radius 2 is 2.00 bits per heavy atom. The molecule has 7 heteroatoms. The fraction of sp³-hybridized carbons (Fsp3) is 0.471. The van der Waals surface area contributed by atoms with Gasteiger partial charge in [-0.15, -0.1) is 0 Å². The van der Waals surface area contributed by atoms with Crippen molar-refractivity contribution in [3.05, 3.63) is 71.5 Å². The van der Waals surface area contributed by atoms with Crippen molar-refractivity contribution in [2.24, 2.45) is 11.8 Å². The maximum Gasteiger partial charge on any atom is 0.307 e. The van der Waals surface area contributed by atoms with Gasteiger partial charge in [-0.1, -0.05) is 50.6 Å². The number of phenolic OH excluding ortho intramolecular Hbond substituents is 1. The summed E-state index contributed by atoms with van der Waals surface area (Å²) in [6, 6.07) is 13.4. The SMILES string of the molecule is C=C(CN1CC[C@]23c4c5ccc(O)c4O[C@H]2[C@H](N(CC(C)C)C(=O)C#Cc2ccccc2)CC[C@H]3[C@H]1C5)OC(C)=O. The van der Waals surface area contributed by atoms with Gasteiger partial charge < -0.3 is 19.5 Å². The van der Waals surface area contributed by atoms with E-state index in [4.69, 9.17) is 9.47 Å².